The maximum Gasteiger partial charge on any atom is 0.312 e. The number of aliphatic hydroxyl groups excluding tert-OH is 1. The van der Waals surface area contributed by atoms with E-state index in [0.717, 1.165) is 11.1 Å². The molecule has 1 heterocycles. The molecule has 2 aromatic carbocycles. The molecular formula is C22H24FNO4. The van der Waals surface area contributed by atoms with Crippen molar-refractivity contribution in [2.75, 3.05) is 13.1 Å². The Morgan fingerprint density at radius 1 is 1.07 bits per heavy atom. The van der Waals surface area contributed by atoms with Crippen LogP contribution in [0.1, 0.15) is 24.0 Å². The van der Waals surface area contributed by atoms with Crippen molar-refractivity contribution in [2.45, 2.75) is 31.8 Å². The van der Waals surface area contributed by atoms with Gasteiger partial charge in [-0.05, 0) is 42.5 Å². The van der Waals surface area contributed by atoms with E-state index in [1.165, 1.54) is 17.0 Å². The number of carboxylic acid groups (broad SMARTS) is 1. The number of likely N-dealkylation sites (tertiary alicyclic amines) is 1. The number of aliphatic carboxylic acids is 1. The predicted molar refractivity (Wildman–Crippen MR) is 102 cm³/mol. The molecule has 1 fully saturated rings. The molecule has 0 aliphatic carbocycles. The first-order chi connectivity index (χ1) is 13.4. The normalized spacial score (nSPS) is 22.1. The van der Waals surface area contributed by atoms with Crippen molar-refractivity contribution in [2.24, 2.45) is 5.41 Å². The van der Waals surface area contributed by atoms with Crippen molar-refractivity contribution in [3.63, 3.8) is 0 Å². The lowest BCUT2D eigenvalue weighted by Gasteiger charge is -2.43. The number of hydrogen-bond donors (Lipinski definition) is 2. The summed E-state index contributed by atoms with van der Waals surface area (Å²) in [6.07, 6.45) is -0.0202. The number of carbonyl (C=O) groups excluding carboxylic acids is 1. The Bertz CT molecular complexity index is 824. The highest BCUT2D eigenvalue weighted by molar-refractivity contribution is 5.79. The lowest BCUT2D eigenvalue weighted by Crippen LogP contribution is -2.57. The summed E-state index contributed by atoms with van der Waals surface area (Å²) < 4.78 is 13.0. The van der Waals surface area contributed by atoms with Crippen LogP contribution in [0.3, 0.4) is 0 Å². The SMILES string of the molecule is O=C(CCc1ccc(F)cc1)N1CC[C@](Cc2ccccc2)(C(=O)O)[C@@H](O)C1. The van der Waals surface area contributed by atoms with Gasteiger partial charge in [0.25, 0.3) is 0 Å². The highest BCUT2D eigenvalue weighted by Gasteiger charge is 2.49. The molecule has 2 aromatic rings. The summed E-state index contributed by atoms with van der Waals surface area (Å²) in [5, 5.41) is 20.5. The summed E-state index contributed by atoms with van der Waals surface area (Å²) in [7, 11) is 0. The monoisotopic (exact) mass is 385 g/mol. The molecule has 0 unspecified atom stereocenters. The maximum absolute atomic E-state index is 13.0. The molecule has 1 aliphatic rings. The lowest BCUT2D eigenvalue weighted by atomic mass is 9.71. The Balaban J connectivity index is 1.63. The van der Waals surface area contributed by atoms with Crippen LogP contribution in [0.2, 0.25) is 0 Å². The Kier molecular flexibility index (Phi) is 6.09. The quantitative estimate of drug-likeness (QED) is 0.801. The Hall–Kier alpha value is -2.73. The summed E-state index contributed by atoms with van der Waals surface area (Å²) in [6, 6.07) is 15.2. The summed E-state index contributed by atoms with van der Waals surface area (Å²) in [5.41, 5.74) is 0.408. The van der Waals surface area contributed by atoms with Crippen LogP contribution in [0.15, 0.2) is 54.6 Å². The molecule has 5 nitrogen and oxygen atoms in total. The van der Waals surface area contributed by atoms with Crippen LogP contribution >= 0.6 is 0 Å². The molecule has 2 N–H and O–H groups in total. The minimum absolute atomic E-state index is 0.00137. The molecule has 3 rings (SSSR count). The fourth-order valence-electron chi connectivity index (χ4n) is 3.75. The Labute approximate surface area is 163 Å². The third-order valence-corrected chi connectivity index (χ3v) is 5.54. The second-order valence-electron chi connectivity index (χ2n) is 7.36. The molecule has 2 atom stereocenters. The number of amides is 1. The van der Waals surface area contributed by atoms with Crippen molar-refractivity contribution < 1.29 is 24.2 Å². The molecule has 1 saturated heterocycles. The van der Waals surface area contributed by atoms with Crippen LogP contribution in [0.5, 0.6) is 0 Å². The van der Waals surface area contributed by atoms with E-state index < -0.39 is 17.5 Å². The number of halogens is 1. The van der Waals surface area contributed by atoms with Gasteiger partial charge in [-0.3, -0.25) is 9.59 Å². The van der Waals surface area contributed by atoms with E-state index in [-0.39, 0.29) is 37.5 Å². The van der Waals surface area contributed by atoms with E-state index in [2.05, 4.69) is 0 Å². The van der Waals surface area contributed by atoms with Crippen LogP contribution in [-0.4, -0.2) is 46.2 Å². The number of rotatable bonds is 6. The second-order valence-corrected chi connectivity index (χ2v) is 7.36. The fraction of sp³-hybridized carbons (Fsp3) is 0.364. The van der Waals surface area contributed by atoms with E-state index in [1.807, 2.05) is 30.3 Å². The van der Waals surface area contributed by atoms with Gasteiger partial charge in [0, 0.05) is 19.5 Å². The first kappa shape index (κ1) is 20.0. The van der Waals surface area contributed by atoms with Gasteiger partial charge in [-0.2, -0.15) is 0 Å². The van der Waals surface area contributed by atoms with Gasteiger partial charge < -0.3 is 15.1 Å². The lowest BCUT2D eigenvalue weighted by molar-refractivity contribution is -0.166. The third-order valence-electron chi connectivity index (χ3n) is 5.54. The first-order valence-corrected chi connectivity index (χ1v) is 9.38. The molecule has 0 radical (unpaired) electrons. The van der Waals surface area contributed by atoms with Crippen LogP contribution in [-0.2, 0) is 22.4 Å². The highest BCUT2D eigenvalue weighted by Crippen LogP contribution is 2.36. The number of carbonyl (C=O) groups is 2. The van der Waals surface area contributed by atoms with Gasteiger partial charge in [0.15, 0.2) is 0 Å². The number of hydrogen-bond acceptors (Lipinski definition) is 3. The van der Waals surface area contributed by atoms with E-state index in [4.69, 9.17) is 0 Å². The molecule has 0 spiro atoms. The van der Waals surface area contributed by atoms with Crippen LogP contribution < -0.4 is 0 Å². The second kappa shape index (κ2) is 8.52. The molecule has 0 saturated carbocycles. The zero-order chi connectivity index (χ0) is 20.1. The number of β-amino-alcohol motifs (C(OH)–C–C–N with tert-alkyl or cyclic N) is 1. The van der Waals surface area contributed by atoms with Crippen molar-refractivity contribution >= 4 is 11.9 Å². The highest BCUT2D eigenvalue weighted by atomic mass is 19.1. The summed E-state index contributed by atoms with van der Waals surface area (Å²) in [6.45, 7) is 0.291. The number of nitrogens with zero attached hydrogens (tertiary/aromatic N) is 1. The summed E-state index contributed by atoms with van der Waals surface area (Å²) in [4.78, 5) is 26.1. The number of benzene rings is 2. The van der Waals surface area contributed by atoms with Crippen molar-refractivity contribution in [1.82, 2.24) is 4.90 Å². The van der Waals surface area contributed by atoms with Crippen molar-refractivity contribution in [3.8, 4) is 0 Å². The predicted octanol–water partition coefficient (Wildman–Crippen LogP) is 2.67. The molecule has 1 amide bonds. The van der Waals surface area contributed by atoms with Gasteiger partial charge in [-0.25, -0.2) is 4.39 Å². The average Bonchev–Trinajstić information content (AvgIpc) is 2.69. The van der Waals surface area contributed by atoms with Crippen LogP contribution in [0.25, 0.3) is 0 Å². The largest absolute Gasteiger partial charge is 0.481 e. The minimum atomic E-state index is -1.30. The van der Waals surface area contributed by atoms with E-state index in [0.29, 0.717) is 13.0 Å². The molecule has 0 aromatic heterocycles. The van der Waals surface area contributed by atoms with Gasteiger partial charge in [0.2, 0.25) is 5.91 Å². The van der Waals surface area contributed by atoms with Crippen molar-refractivity contribution in [3.05, 3.63) is 71.5 Å². The van der Waals surface area contributed by atoms with Crippen LogP contribution in [0, 0.1) is 11.2 Å². The standard InChI is InChI=1S/C22H24FNO4/c23-18-9-6-16(7-10-18)8-11-20(26)24-13-12-22(21(27)28,19(25)15-24)14-17-4-2-1-3-5-17/h1-7,9-10,19,25H,8,11-15H2,(H,27,28)/t19-,22+/m0/s1. The molecular weight excluding hydrogens is 361 g/mol. The number of aliphatic hydroxyl groups is 1. The number of aryl methyl sites for hydroxylation is 1. The summed E-state index contributed by atoms with van der Waals surface area (Å²) >= 11 is 0. The average molecular weight is 385 g/mol. The van der Waals surface area contributed by atoms with Crippen molar-refractivity contribution in [1.29, 1.82) is 0 Å². The molecule has 0 bridgehead atoms. The number of piperidine rings is 1. The molecule has 1 aliphatic heterocycles. The Morgan fingerprint density at radius 2 is 1.75 bits per heavy atom. The maximum atomic E-state index is 13.0. The van der Waals surface area contributed by atoms with Gasteiger partial charge in [-0.1, -0.05) is 42.5 Å². The van der Waals surface area contributed by atoms with E-state index in [9.17, 15) is 24.2 Å². The molecule has 6 heteroatoms. The van der Waals surface area contributed by atoms with Gasteiger partial charge in [0.05, 0.1) is 6.10 Å². The van der Waals surface area contributed by atoms with Crippen LogP contribution in [0.4, 0.5) is 4.39 Å². The molecule has 28 heavy (non-hydrogen) atoms. The first-order valence-electron chi connectivity index (χ1n) is 9.38. The zero-order valence-electron chi connectivity index (χ0n) is 15.6. The van der Waals surface area contributed by atoms with Gasteiger partial charge in [0.1, 0.15) is 11.2 Å². The van der Waals surface area contributed by atoms with E-state index in [1.54, 1.807) is 12.1 Å². The minimum Gasteiger partial charge on any atom is -0.481 e. The topological polar surface area (TPSA) is 77.8 Å². The smallest absolute Gasteiger partial charge is 0.312 e. The third kappa shape index (κ3) is 4.39. The van der Waals surface area contributed by atoms with Gasteiger partial charge >= 0.3 is 5.97 Å². The molecule has 148 valence electrons. The van der Waals surface area contributed by atoms with Gasteiger partial charge in [-0.15, -0.1) is 0 Å². The summed E-state index contributed by atoms with van der Waals surface area (Å²) in [5.74, 6) is -1.50. The fourth-order valence-corrected chi connectivity index (χ4v) is 3.75. The zero-order valence-corrected chi connectivity index (χ0v) is 15.6. The van der Waals surface area contributed by atoms with E-state index >= 15 is 0 Å². The number of carboxylic acids is 1. The Morgan fingerprint density at radius 3 is 2.36 bits per heavy atom.